The molecule has 1 heterocycles. The summed E-state index contributed by atoms with van der Waals surface area (Å²) >= 11 is 0. The van der Waals surface area contributed by atoms with E-state index in [1.54, 1.807) is 6.92 Å². The van der Waals surface area contributed by atoms with Crippen molar-refractivity contribution in [3.8, 4) is 0 Å². The molecule has 1 aromatic heterocycles. The molecule has 0 saturated carbocycles. The van der Waals surface area contributed by atoms with Gasteiger partial charge in [-0.1, -0.05) is 13.3 Å². The predicted molar refractivity (Wildman–Crippen MR) is 63.5 cm³/mol. The molecule has 0 radical (unpaired) electrons. The molecule has 6 nitrogen and oxygen atoms in total. The SMILES string of the molecule is CCCC(C)(O)CNC(=O)c1cc(C(=O)O)co1. The van der Waals surface area contributed by atoms with Gasteiger partial charge in [0.2, 0.25) is 0 Å². The summed E-state index contributed by atoms with van der Waals surface area (Å²) in [5.41, 5.74) is -1.06. The number of hydrogen-bond donors (Lipinski definition) is 3. The summed E-state index contributed by atoms with van der Waals surface area (Å²) in [5.74, 6) is -1.78. The molecule has 100 valence electrons. The third-order valence-electron chi connectivity index (χ3n) is 2.49. The van der Waals surface area contributed by atoms with E-state index in [1.807, 2.05) is 6.92 Å². The first-order valence-corrected chi connectivity index (χ1v) is 5.68. The molecule has 0 bridgehead atoms. The van der Waals surface area contributed by atoms with Gasteiger partial charge in [0.05, 0.1) is 11.2 Å². The fraction of sp³-hybridized carbons (Fsp3) is 0.500. The molecular weight excluding hydrogens is 238 g/mol. The van der Waals surface area contributed by atoms with Crippen molar-refractivity contribution >= 4 is 11.9 Å². The van der Waals surface area contributed by atoms with Crippen LogP contribution in [0.25, 0.3) is 0 Å². The van der Waals surface area contributed by atoms with Gasteiger partial charge in [0.15, 0.2) is 5.76 Å². The summed E-state index contributed by atoms with van der Waals surface area (Å²) in [6, 6.07) is 1.15. The number of carbonyl (C=O) groups is 2. The van der Waals surface area contributed by atoms with E-state index in [9.17, 15) is 14.7 Å². The van der Waals surface area contributed by atoms with Crippen molar-refractivity contribution in [3.63, 3.8) is 0 Å². The Labute approximate surface area is 105 Å². The number of nitrogens with one attached hydrogen (secondary N) is 1. The molecule has 0 spiro atoms. The van der Waals surface area contributed by atoms with Crippen LogP contribution in [0.15, 0.2) is 16.7 Å². The molecule has 1 atom stereocenters. The highest BCUT2D eigenvalue weighted by Crippen LogP contribution is 2.11. The number of carboxylic acid groups (broad SMARTS) is 1. The van der Waals surface area contributed by atoms with Crippen LogP contribution in [0.3, 0.4) is 0 Å². The lowest BCUT2D eigenvalue weighted by Crippen LogP contribution is -2.40. The topological polar surface area (TPSA) is 99.8 Å². The maximum Gasteiger partial charge on any atom is 0.338 e. The van der Waals surface area contributed by atoms with E-state index in [2.05, 4.69) is 5.32 Å². The Bertz CT molecular complexity index is 435. The first-order chi connectivity index (χ1) is 8.35. The number of hydrogen-bond acceptors (Lipinski definition) is 4. The third-order valence-corrected chi connectivity index (χ3v) is 2.49. The molecule has 1 aromatic rings. The van der Waals surface area contributed by atoms with Gasteiger partial charge in [-0.05, 0) is 13.3 Å². The lowest BCUT2D eigenvalue weighted by molar-refractivity contribution is 0.0463. The van der Waals surface area contributed by atoms with Crippen LogP contribution < -0.4 is 5.32 Å². The van der Waals surface area contributed by atoms with Gasteiger partial charge in [-0.2, -0.15) is 0 Å². The van der Waals surface area contributed by atoms with Gasteiger partial charge >= 0.3 is 5.97 Å². The highest BCUT2D eigenvalue weighted by atomic mass is 16.4. The molecule has 6 heteroatoms. The normalized spacial score (nSPS) is 13.9. The average Bonchev–Trinajstić information content (AvgIpc) is 2.75. The van der Waals surface area contributed by atoms with Crippen LogP contribution >= 0.6 is 0 Å². The van der Waals surface area contributed by atoms with Crippen molar-refractivity contribution in [2.75, 3.05) is 6.54 Å². The van der Waals surface area contributed by atoms with Gasteiger partial charge in [0, 0.05) is 12.6 Å². The molecule has 0 saturated heterocycles. The summed E-state index contributed by atoms with van der Waals surface area (Å²) in [4.78, 5) is 22.2. The van der Waals surface area contributed by atoms with Gasteiger partial charge < -0.3 is 19.9 Å². The molecule has 1 rings (SSSR count). The summed E-state index contributed by atoms with van der Waals surface area (Å²) in [6.07, 6.45) is 2.36. The summed E-state index contributed by atoms with van der Waals surface area (Å²) in [6.45, 7) is 3.65. The van der Waals surface area contributed by atoms with Crippen LogP contribution in [0.5, 0.6) is 0 Å². The fourth-order valence-electron chi connectivity index (χ4n) is 1.55. The Kier molecular flexibility index (Phi) is 4.49. The van der Waals surface area contributed by atoms with Crippen LogP contribution in [-0.4, -0.2) is 34.2 Å². The summed E-state index contributed by atoms with van der Waals surface area (Å²) in [5, 5.41) is 21.0. The zero-order valence-corrected chi connectivity index (χ0v) is 10.4. The lowest BCUT2D eigenvalue weighted by Gasteiger charge is -2.22. The average molecular weight is 255 g/mol. The second-order valence-corrected chi connectivity index (χ2v) is 4.43. The third kappa shape index (κ3) is 3.89. The number of carbonyl (C=O) groups excluding carboxylic acids is 1. The van der Waals surface area contributed by atoms with Crippen LogP contribution in [0.4, 0.5) is 0 Å². The van der Waals surface area contributed by atoms with E-state index in [0.717, 1.165) is 18.8 Å². The first kappa shape index (κ1) is 14.2. The molecular formula is C12H17NO5. The zero-order chi connectivity index (χ0) is 13.8. The smallest absolute Gasteiger partial charge is 0.338 e. The van der Waals surface area contributed by atoms with Gasteiger partial charge in [-0.3, -0.25) is 4.79 Å². The van der Waals surface area contributed by atoms with Crippen molar-refractivity contribution in [1.29, 1.82) is 0 Å². The van der Waals surface area contributed by atoms with Crippen LogP contribution in [0.2, 0.25) is 0 Å². The first-order valence-electron chi connectivity index (χ1n) is 5.68. The number of aliphatic hydroxyl groups is 1. The molecule has 0 aliphatic heterocycles. The molecule has 0 aromatic carbocycles. The van der Waals surface area contributed by atoms with E-state index in [-0.39, 0.29) is 17.9 Å². The van der Waals surface area contributed by atoms with Crippen LogP contribution in [0.1, 0.15) is 47.6 Å². The minimum Gasteiger partial charge on any atom is -0.478 e. The van der Waals surface area contributed by atoms with Gasteiger partial charge in [0.1, 0.15) is 6.26 Å². The monoisotopic (exact) mass is 255 g/mol. The Morgan fingerprint density at radius 2 is 2.17 bits per heavy atom. The second kappa shape index (κ2) is 5.68. The highest BCUT2D eigenvalue weighted by molar-refractivity contribution is 5.95. The minimum atomic E-state index is -1.16. The van der Waals surface area contributed by atoms with Crippen molar-refractivity contribution in [1.82, 2.24) is 5.32 Å². The van der Waals surface area contributed by atoms with E-state index in [1.165, 1.54) is 0 Å². The highest BCUT2D eigenvalue weighted by Gasteiger charge is 2.21. The zero-order valence-electron chi connectivity index (χ0n) is 10.4. The molecule has 0 fully saturated rings. The molecule has 1 unspecified atom stereocenters. The summed E-state index contributed by atoms with van der Waals surface area (Å²) < 4.78 is 4.84. The van der Waals surface area contributed by atoms with Crippen molar-refractivity contribution in [2.24, 2.45) is 0 Å². The molecule has 3 N–H and O–H groups in total. The van der Waals surface area contributed by atoms with E-state index >= 15 is 0 Å². The predicted octanol–water partition coefficient (Wildman–Crippen LogP) is 1.26. The molecule has 0 aliphatic carbocycles. The Morgan fingerprint density at radius 1 is 1.50 bits per heavy atom. The van der Waals surface area contributed by atoms with Crippen LogP contribution in [-0.2, 0) is 0 Å². The number of amides is 1. The van der Waals surface area contributed by atoms with Gasteiger partial charge in [-0.15, -0.1) is 0 Å². The van der Waals surface area contributed by atoms with E-state index in [4.69, 9.17) is 9.52 Å². The van der Waals surface area contributed by atoms with Crippen molar-refractivity contribution in [3.05, 3.63) is 23.7 Å². The van der Waals surface area contributed by atoms with E-state index in [0.29, 0.717) is 6.42 Å². The Hall–Kier alpha value is -1.82. The molecule has 0 aliphatic rings. The van der Waals surface area contributed by atoms with Crippen LogP contribution in [0, 0.1) is 0 Å². The quantitative estimate of drug-likeness (QED) is 0.710. The number of carboxylic acids is 1. The van der Waals surface area contributed by atoms with Gasteiger partial charge in [-0.25, -0.2) is 4.79 Å². The molecule has 18 heavy (non-hydrogen) atoms. The number of rotatable bonds is 6. The second-order valence-electron chi connectivity index (χ2n) is 4.43. The number of aromatic carboxylic acids is 1. The fourth-order valence-corrected chi connectivity index (χ4v) is 1.55. The molecule has 1 amide bonds. The Morgan fingerprint density at radius 3 is 2.67 bits per heavy atom. The van der Waals surface area contributed by atoms with E-state index < -0.39 is 17.5 Å². The number of furan rings is 1. The summed E-state index contributed by atoms with van der Waals surface area (Å²) in [7, 11) is 0. The lowest BCUT2D eigenvalue weighted by atomic mass is 10.0. The standard InChI is InChI=1S/C12H17NO5/c1-3-4-12(2,17)7-13-10(14)9-5-8(6-18-9)11(15)16/h5-6,17H,3-4,7H2,1-2H3,(H,13,14)(H,15,16). The van der Waals surface area contributed by atoms with Gasteiger partial charge in [0.25, 0.3) is 5.91 Å². The minimum absolute atomic E-state index is 0.0829. The maximum atomic E-state index is 11.6. The largest absolute Gasteiger partial charge is 0.478 e. The maximum absolute atomic E-state index is 11.6. The van der Waals surface area contributed by atoms with Crippen molar-refractivity contribution in [2.45, 2.75) is 32.3 Å². The van der Waals surface area contributed by atoms with Crippen molar-refractivity contribution < 1.29 is 24.2 Å². The Balaban J connectivity index is 2.57.